The van der Waals surface area contributed by atoms with E-state index < -0.39 is 29.6 Å². The summed E-state index contributed by atoms with van der Waals surface area (Å²) in [7, 11) is 0. The van der Waals surface area contributed by atoms with Gasteiger partial charge in [0.05, 0.1) is 6.42 Å². The van der Waals surface area contributed by atoms with Crippen LogP contribution < -0.4 is 11.2 Å². The molecule has 2 aromatic heterocycles. The molecule has 0 bridgehead atoms. The van der Waals surface area contributed by atoms with Gasteiger partial charge in [0, 0.05) is 0 Å². The van der Waals surface area contributed by atoms with Gasteiger partial charge in [0.15, 0.2) is 5.65 Å². The lowest BCUT2D eigenvalue weighted by Gasteiger charge is -2.01. The van der Waals surface area contributed by atoms with Gasteiger partial charge in [-0.25, -0.2) is 9.78 Å². The van der Waals surface area contributed by atoms with Gasteiger partial charge in [-0.3, -0.25) is 19.6 Å². The number of carbonyl (C=O) groups is 1. The second-order valence-electron chi connectivity index (χ2n) is 3.41. The van der Waals surface area contributed by atoms with E-state index in [4.69, 9.17) is 0 Å². The first-order valence-corrected chi connectivity index (χ1v) is 4.58. The summed E-state index contributed by atoms with van der Waals surface area (Å²) >= 11 is 0. The molecule has 2 rings (SSSR count). The molecule has 0 aliphatic carbocycles. The van der Waals surface area contributed by atoms with Crippen LogP contribution in [0.2, 0.25) is 0 Å². The summed E-state index contributed by atoms with van der Waals surface area (Å²) in [5.41, 5.74) is -2.06. The van der Waals surface area contributed by atoms with E-state index in [0.29, 0.717) is 0 Å². The molecule has 0 aliphatic rings. The summed E-state index contributed by atoms with van der Waals surface area (Å²) in [5.74, 6) is -2.35. The van der Waals surface area contributed by atoms with Crippen LogP contribution in [0.5, 0.6) is 0 Å². The number of hydrogen-bond acceptors (Lipinski definition) is 4. The molecule has 2 heterocycles. The standard InChI is InChI=1S/C8H5F3N4O3/c9-8(10,11)2(16)1-3-12-4-5(13-3)14-7(18)15-6(4)17/h1H2,(H3,12,13,14,15,17,18). The van der Waals surface area contributed by atoms with Gasteiger partial charge in [-0.2, -0.15) is 13.2 Å². The van der Waals surface area contributed by atoms with Crippen molar-refractivity contribution in [2.45, 2.75) is 12.6 Å². The highest BCUT2D eigenvalue weighted by atomic mass is 19.4. The van der Waals surface area contributed by atoms with E-state index >= 15 is 0 Å². The number of fused-ring (bicyclic) bond motifs is 1. The van der Waals surface area contributed by atoms with Gasteiger partial charge in [0.25, 0.3) is 5.56 Å². The molecule has 0 aromatic carbocycles. The Labute approximate surface area is 95.1 Å². The van der Waals surface area contributed by atoms with Crippen molar-refractivity contribution in [3.8, 4) is 0 Å². The van der Waals surface area contributed by atoms with Crippen molar-refractivity contribution in [1.29, 1.82) is 0 Å². The number of rotatable bonds is 2. The minimum Gasteiger partial charge on any atom is -0.336 e. The molecule has 10 heteroatoms. The van der Waals surface area contributed by atoms with Crippen LogP contribution in [0.1, 0.15) is 5.82 Å². The third kappa shape index (κ3) is 2.17. The first-order valence-electron chi connectivity index (χ1n) is 4.58. The molecule has 0 saturated heterocycles. The summed E-state index contributed by atoms with van der Waals surface area (Å²) in [4.78, 5) is 42.6. The number of halogens is 3. The number of imidazole rings is 1. The van der Waals surface area contributed by atoms with E-state index in [-0.39, 0.29) is 17.0 Å². The fourth-order valence-corrected chi connectivity index (χ4v) is 1.32. The normalized spacial score (nSPS) is 11.9. The van der Waals surface area contributed by atoms with Crippen LogP contribution in [0.3, 0.4) is 0 Å². The second kappa shape index (κ2) is 3.82. The molecule has 0 fully saturated rings. The fourth-order valence-electron chi connectivity index (χ4n) is 1.32. The highest BCUT2D eigenvalue weighted by Crippen LogP contribution is 2.18. The molecule has 96 valence electrons. The number of hydrogen-bond donors (Lipinski definition) is 3. The van der Waals surface area contributed by atoms with Gasteiger partial charge in [-0.15, -0.1) is 0 Å². The number of Topliss-reactive ketones (excluding diaryl/α,β-unsaturated/α-hetero) is 1. The van der Waals surface area contributed by atoms with Crippen LogP contribution in [0.15, 0.2) is 9.59 Å². The van der Waals surface area contributed by atoms with Crippen molar-refractivity contribution in [3.63, 3.8) is 0 Å². The highest BCUT2D eigenvalue weighted by Gasteiger charge is 2.38. The number of aromatic nitrogens is 4. The number of H-pyrrole nitrogens is 3. The molecule has 0 amide bonds. The molecule has 18 heavy (non-hydrogen) atoms. The minimum atomic E-state index is -4.97. The Bertz CT molecular complexity index is 723. The zero-order valence-corrected chi connectivity index (χ0v) is 8.51. The Morgan fingerprint density at radius 3 is 2.44 bits per heavy atom. The summed E-state index contributed by atoms with van der Waals surface area (Å²) in [5, 5.41) is 0. The smallest absolute Gasteiger partial charge is 0.336 e. The first kappa shape index (κ1) is 12.1. The Kier molecular flexibility index (Phi) is 2.56. The molecule has 3 N–H and O–H groups in total. The zero-order chi connectivity index (χ0) is 13.5. The maximum absolute atomic E-state index is 12.0. The largest absolute Gasteiger partial charge is 0.450 e. The van der Waals surface area contributed by atoms with Crippen LogP contribution in [-0.2, 0) is 11.2 Å². The minimum absolute atomic E-state index is 0.195. The topological polar surface area (TPSA) is 111 Å². The van der Waals surface area contributed by atoms with Crippen molar-refractivity contribution in [3.05, 3.63) is 26.7 Å². The predicted molar refractivity (Wildman–Crippen MR) is 52.1 cm³/mol. The highest BCUT2D eigenvalue weighted by molar-refractivity contribution is 5.86. The number of aromatic amines is 3. The molecule has 7 nitrogen and oxygen atoms in total. The van der Waals surface area contributed by atoms with Crippen LogP contribution >= 0.6 is 0 Å². The molecule has 2 aromatic rings. The summed E-state index contributed by atoms with van der Waals surface area (Å²) < 4.78 is 36.1. The maximum Gasteiger partial charge on any atom is 0.450 e. The molecule has 0 aliphatic heterocycles. The Balaban J connectivity index is 2.43. The Hall–Kier alpha value is -2.39. The number of carbonyl (C=O) groups excluding carboxylic acids is 1. The van der Waals surface area contributed by atoms with E-state index in [1.165, 1.54) is 0 Å². The van der Waals surface area contributed by atoms with Gasteiger partial charge in [0.1, 0.15) is 11.3 Å². The van der Waals surface area contributed by atoms with Crippen molar-refractivity contribution in [2.75, 3.05) is 0 Å². The zero-order valence-electron chi connectivity index (χ0n) is 8.51. The number of nitrogens with zero attached hydrogens (tertiary/aromatic N) is 1. The van der Waals surface area contributed by atoms with Crippen molar-refractivity contribution in [2.24, 2.45) is 0 Å². The average Bonchev–Trinajstić information content (AvgIpc) is 2.58. The van der Waals surface area contributed by atoms with Crippen LogP contribution in [0.4, 0.5) is 13.2 Å². The number of nitrogens with one attached hydrogen (secondary N) is 3. The average molecular weight is 262 g/mol. The quantitative estimate of drug-likeness (QED) is 0.684. The Morgan fingerprint density at radius 1 is 1.17 bits per heavy atom. The monoisotopic (exact) mass is 262 g/mol. The van der Waals surface area contributed by atoms with Gasteiger partial charge in [-0.05, 0) is 0 Å². The number of alkyl halides is 3. The summed E-state index contributed by atoms with van der Waals surface area (Å²) in [6.45, 7) is 0. The van der Waals surface area contributed by atoms with E-state index in [1.54, 1.807) is 0 Å². The third-order valence-corrected chi connectivity index (χ3v) is 2.08. The fraction of sp³-hybridized carbons (Fsp3) is 0.250. The van der Waals surface area contributed by atoms with E-state index in [9.17, 15) is 27.6 Å². The molecular formula is C8H5F3N4O3. The van der Waals surface area contributed by atoms with E-state index in [2.05, 4.69) is 15.0 Å². The van der Waals surface area contributed by atoms with E-state index in [1.807, 2.05) is 4.98 Å². The lowest BCUT2D eigenvalue weighted by Crippen LogP contribution is -2.25. The van der Waals surface area contributed by atoms with Crippen molar-refractivity contribution >= 4 is 16.9 Å². The predicted octanol–water partition coefficient (Wildman–Crippen LogP) is -0.387. The second-order valence-corrected chi connectivity index (χ2v) is 3.41. The third-order valence-electron chi connectivity index (χ3n) is 2.08. The van der Waals surface area contributed by atoms with Crippen LogP contribution in [-0.4, -0.2) is 31.9 Å². The molecule has 0 atom stereocenters. The first-order chi connectivity index (χ1) is 8.27. The van der Waals surface area contributed by atoms with Crippen molar-refractivity contribution < 1.29 is 18.0 Å². The van der Waals surface area contributed by atoms with Gasteiger partial charge < -0.3 is 4.98 Å². The lowest BCUT2D eigenvalue weighted by molar-refractivity contribution is -0.170. The van der Waals surface area contributed by atoms with Crippen molar-refractivity contribution in [1.82, 2.24) is 19.9 Å². The summed E-state index contributed by atoms with van der Waals surface area (Å²) in [6, 6.07) is 0. The Morgan fingerprint density at radius 2 is 1.83 bits per heavy atom. The van der Waals surface area contributed by atoms with Gasteiger partial charge >= 0.3 is 11.9 Å². The SMILES string of the molecule is O=C(Cc1nc2[nH]c(=O)[nH]c(=O)c2[nH]1)C(F)(F)F. The lowest BCUT2D eigenvalue weighted by atomic mass is 10.3. The summed E-state index contributed by atoms with van der Waals surface area (Å²) in [6.07, 6.45) is -6.00. The van der Waals surface area contributed by atoms with E-state index in [0.717, 1.165) is 0 Å². The molecule has 0 unspecified atom stereocenters. The molecule has 0 spiro atoms. The molecular weight excluding hydrogens is 257 g/mol. The maximum atomic E-state index is 12.0. The number of ketones is 1. The van der Waals surface area contributed by atoms with Crippen LogP contribution in [0.25, 0.3) is 11.2 Å². The molecule has 0 saturated carbocycles. The molecule has 0 radical (unpaired) electrons. The van der Waals surface area contributed by atoms with Gasteiger partial charge in [0.2, 0.25) is 5.78 Å². The van der Waals surface area contributed by atoms with Gasteiger partial charge in [-0.1, -0.05) is 0 Å². The van der Waals surface area contributed by atoms with Crippen LogP contribution in [0, 0.1) is 0 Å².